The van der Waals surface area contributed by atoms with E-state index in [2.05, 4.69) is 11.7 Å². The van der Waals surface area contributed by atoms with Crippen molar-refractivity contribution in [1.82, 2.24) is 0 Å². The molecule has 0 saturated carbocycles. The Balaban J connectivity index is 0. The maximum Gasteiger partial charge on any atom is 0.182 e. The summed E-state index contributed by atoms with van der Waals surface area (Å²) in [6, 6.07) is 0. The molecule has 4 heteroatoms. The van der Waals surface area contributed by atoms with Gasteiger partial charge in [-0.15, -0.1) is 0 Å². The molecular weight excluding hydrogens is 84.0 g/mol. The van der Waals surface area contributed by atoms with Crippen LogP contribution in [-0.4, -0.2) is 12.6 Å². The highest BCUT2D eigenvalue weighted by Gasteiger charge is 1.47. The predicted octanol–water partition coefficient (Wildman–Crippen LogP) is -1.80. The largest absolute Gasteiger partial charge is 0.295 e. The highest BCUT2D eigenvalue weighted by molar-refractivity contribution is 6.09. The average molecular weight is 90.1 g/mol. The fourth-order valence-corrected chi connectivity index (χ4v) is 0. The molecule has 0 bridgehead atoms. The van der Waals surface area contributed by atoms with Gasteiger partial charge < -0.3 is 0 Å². The second kappa shape index (κ2) is 28.5. The smallest absolute Gasteiger partial charge is 0.182 e. The molecule has 0 fully saturated rings. The molecule has 0 saturated heterocycles. The van der Waals surface area contributed by atoms with Gasteiger partial charge in [0.25, 0.3) is 0 Å². The fourth-order valence-electron chi connectivity index (χ4n) is 0. The second-order valence-corrected chi connectivity index (χ2v) is 0.272. The lowest BCUT2D eigenvalue weighted by molar-refractivity contribution is -0.122. The van der Waals surface area contributed by atoms with Gasteiger partial charge in [-0.05, 0) is 0 Å². The van der Waals surface area contributed by atoms with E-state index in [1.165, 1.54) is 0 Å². The van der Waals surface area contributed by atoms with Gasteiger partial charge in [-0.1, -0.05) is 0 Å². The summed E-state index contributed by atoms with van der Waals surface area (Å²) in [6.07, 6.45) is 0.389. The molecule has 36 valence electrons. The van der Waals surface area contributed by atoms with Crippen LogP contribution < -0.4 is 11.7 Å². The van der Waals surface area contributed by atoms with E-state index in [0.717, 1.165) is 0 Å². The first kappa shape index (κ1) is 8.98. The number of aldehydes is 2. The quantitative estimate of drug-likeness (QED) is 0.172. The molecule has 6 heavy (non-hydrogen) atoms. The first-order valence-electron chi connectivity index (χ1n) is 1.14. The highest BCUT2D eigenvalue weighted by atomic mass is 16.2. The van der Waals surface area contributed by atoms with E-state index in [-0.39, 0.29) is 12.6 Å². The van der Waals surface area contributed by atoms with E-state index in [4.69, 9.17) is 9.59 Å². The van der Waals surface area contributed by atoms with E-state index in [0.29, 0.717) is 0 Å². The summed E-state index contributed by atoms with van der Waals surface area (Å²) in [4.78, 5) is 17.6. The minimum Gasteiger partial charge on any atom is -0.295 e. The van der Waals surface area contributed by atoms with Gasteiger partial charge in [-0.25, -0.2) is 0 Å². The molecule has 0 heterocycles. The van der Waals surface area contributed by atoms with Gasteiger partial charge in [0.05, 0.1) is 0 Å². The minimum atomic E-state index is 0.194. The van der Waals surface area contributed by atoms with Crippen molar-refractivity contribution in [1.29, 1.82) is 0 Å². The van der Waals surface area contributed by atoms with Crippen molar-refractivity contribution in [2.45, 2.75) is 0 Å². The van der Waals surface area contributed by atoms with Gasteiger partial charge >= 0.3 is 0 Å². The summed E-state index contributed by atoms with van der Waals surface area (Å²) in [5.74, 6) is 8.00. The third-order valence-electron chi connectivity index (χ3n) is 0.0556. The summed E-state index contributed by atoms with van der Waals surface area (Å²) >= 11 is 0. The van der Waals surface area contributed by atoms with Crippen LogP contribution in [0.4, 0.5) is 0 Å². The maximum atomic E-state index is 8.81. The Bertz CT molecular complexity index is 30.5. The minimum absolute atomic E-state index is 0.194. The van der Waals surface area contributed by atoms with Crippen LogP contribution in [0.1, 0.15) is 0 Å². The Labute approximate surface area is 35.1 Å². The summed E-state index contributed by atoms with van der Waals surface area (Å²) in [5.41, 5.74) is 0. The van der Waals surface area contributed by atoms with Crippen LogP contribution >= 0.6 is 0 Å². The normalized spacial score (nSPS) is 4.33. The van der Waals surface area contributed by atoms with E-state index in [9.17, 15) is 0 Å². The zero-order valence-corrected chi connectivity index (χ0v) is 3.13. The fraction of sp³-hybridized carbons (Fsp3) is 0. The van der Waals surface area contributed by atoms with Gasteiger partial charge in [-0.2, -0.15) is 0 Å². The van der Waals surface area contributed by atoms with Gasteiger partial charge in [0, 0.05) is 0 Å². The van der Waals surface area contributed by atoms with Crippen molar-refractivity contribution < 1.29 is 9.59 Å². The number of carbonyl (C=O) groups excluding carboxylic acids is 2. The van der Waals surface area contributed by atoms with Gasteiger partial charge in [0.15, 0.2) is 12.6 Å². The molecule has 0 radical (unpaired) electrons. The molecule has 0 aliphatic heterocycles. The van der Waals surface area contributed by atoms with Crippen molar-refractivity contribution in [3.05, 3.63) is 0 Å². The Morgan fingerprint density at radius 1 is 1.00 bits per heavy atom. The molecular formula is C2H6N2O2. The highest BCUT2D eigenvalue weighted by Crippen LogP contribution is 1.12. The lowest BCUT2D eigenvalue weighted by atomic mass is 10.9. The van der Waals surface area contributed by atoms with E-state index >= 15 is 0 Å². The first-order valence-corrected chi connectivity index (χ1v) is 1.14. The van der Waals surface area contributed by atoms with Crippen LogP contribution in [0, 0.1) is 0 Å². The molecule has 0 aromatic carbocycles. The van der Waals surface area contributed by atoms with Crippen molar-refractivity contribution in [2.75, 3.05) is 0 Å². The van der Waals surface area contributed by atoms with Gasteiger partial charge in [-0.3, -0.25) is 21.3 Å². The maximum absolute atomic E-state index is 8.81. The molecule has 0 amide bonds. The SMILES string of the molecule is NN.O=CC=O. The predicted molar refractivity (Wildman–Crippen MR) is 20.5 cm³/mol. The lowest BCUT2D eigenvalue weighted by Crippen LogP contribution is -2.02. The van der Waals surface area contributed by atoms with Crippen LogP contribution in [0.15, 0.2) is 0 Å². The van der Waals surface area contributed by atoms with Crippen LogP contribution in [-0.2, 0) is 9.59 Å². The van der Waals surface area contributed by atoms with Crippen molar-refractivity contribution in [3.8, 4) is 0 Å². The van der Waals surface area contributed by atoms with Crippen LogP contribution in [0.25, 0.3) is 0 Å². The molecule has 0 aliphatic rings. The van der Waals surface area contributed by atoms with Gasteiger partial charge in [0.1, 0.15) is 0 Å². The third kappa shape index (κ3) is 246. The van der Waals surface area contributed by atoms with E-state index in [1.54, 1.807) is 0 Å². The Morgan fingerprint density at radius 2 is 1.17 bits per heavy atom. The summed E-state index contributed by atoms with van der Waals surface area (Å²) < 4.78 is 0. The number of nitrogens with two attached hydrogens (primary N) is 2. The number of hydrogen-bond acceptors (Lipinski definition) is 4. The van der Waals surface area contributed by atoms with E-state index < -0.39 is 0 Å². The molecule has 0 aliphatic carbocycles. The monoisotopic (exact) mass is 90.0 g/mol. The van der Waals surface area contributed by atoms with Crippen LogP contribution in [0.3, 0.4) is 0 Å². The van der Waals surface area contributed by atoms with Crippen molar-refractivity contribution in [3.63, 3.8) is 0 Å². The lowest BCUT2D eigenvalue weighted by Gasteiger charge is -1.31. The molecule has 4 N–H and O–H groups in total. The third-order valence-corrected chi connectivity index (χ3v) is 0.0556. The Hall–Kier alpha value is -0.740. The number of carbonyl (C=O) groups is 2. The summed E-state index contributed by atoms with van der Waals surface area (Å²) in [5, 5.41) is 0. The standard InChI is InChI=1S/C2H2O2.H4N2/c3-1-2-4;1-2/h1-2H;1-2H2. The Kier molecular flexibility index (Phi) is 42.7. The molecule has 0 rings (SSSR count). The summed E-state index contributed by atoms with van der Waals surface area (Å²) in [6.45, 7) is 0. The van der Waals surface area contributed by atoms with Crippen LogP contribution in [0.2, 0.25) is 0 Å². The average Bonchev–Trinajstić information content (AvgIpc) is 1.72. The van der Waals surface area contributed by atoms with Crippen molar-refractivity contribution >= 4 is 12.6 Å². The molecule has 0 unspecified atom stereocenters. The molecule has 4 nitrogen and oxygen atoms in total. The Morgan fingerprint density at radius 3 is 1.17 bits per heavy atom. The van der Waals surface area contributed by atoms with Crippen molar-refractivity contribution in [2.24, 2.45) is 11.7 Å². The topological polar surface area (TPSA) is 86.2 Å². The molecule has 0 atom stereocenters. The zero-order chi connectivity index (χ0) is 5.41. The zero-order valence-electron chi connectivity index (χ0n) is 3.13. The number of hydrazine groups is 1. The molecule has 0 aromatic heterocycles. The number of rotatable bonds is 1. The first-order chi connectivity index (χ1) is 2.91. The molecule has 0 spiro atoms. The van der Waals surface area contributed by atoms with Gasteiger partial charge in [0.2, 0.25) is 0 Å². The summed E-state index contributed by atoms with van der Waals surface area (Å²) in [7, 11) is 0. The van der Waals surface area contributed by atoms with Crippen LogP contribution in [0.5, 0.6) is 0 Å². The number of hydrogen-bond donors (Lipinski definition) is 2. The second-order valence-electron chi connectivity index (χ2n) is 0.272. The molecule has 0 aromatic rings. The van der Waals surface area contributed by atoms with E-state index in [1.807, 2.05) is 0 Å².